The molecule has 0 aromatic carbocycles. The van der Waals surface area contributed by atoms with Crippen LogP contribution in [-0.4, -0.2) is 6.04 Å². The first-order chi connectivity index (χ1) is 10.1. The van der Waals surface area contributed by atoms with Crippen LogP contribution in [0, 0.1) is 28.1 Å². The van der Waals surface area contributed by atoms with Crippen LogP contribution >= 0.6 is 0 Å². The molecule has 2 aliphatic carbocycles. The lowest BCUT2D eigenvalue weighted by Crippen LogP contribution is -2.48. The molecule has 0 bridgehead atoms. The Kier molecular flexibility index (Phi) is 5.37. The van der Waals surface area contributed by atoms with Gasteiger partial charge in [0.15, 0.2) is 0 Å². The van der Waals surface area contributed by atoms with Crippen LogP contribution in [-0.2, 0) is 0 Å². The smallest absolute Gasteiger partial charge is 0.00415 e. The molecule has 1 heteroatoms. The standard InChI is InChI=1S/C21H41N/c1-7-8-16-11-12-21(6)15-19(2,3)14-20(4,5)18(21)10-9-17(22)13-16/h16-18H,7-15,22H2,1-6H3. The Bertz CT molecular complexity index is 370. The average molecular weight is 308 g/mol. The third kappa shape index (κ3) is 4.08. The molecule has 0 saturated heterocycles. The highest BCUT2D eigenvalue weighted by Crippen LogP contribution is 2.61. The fourth-order valence-electron chi connectivity index (χ4n) is 6.83. The molecule has 0 spiro atoms. The van der Waals surface area contributed by atoms with Gasteiger partial charge in [0.1, 0.15) is 0 Å². The van der Waals surface area contributed by atoms with Crippen molar-refractivity contribution in [1.29, 1.82) is 0 Å². The van der Waals surface area contributed by atoms with E-state index in [1.165, 1.54) is 57.8 Å². The zero-order valence-corrected chi connectivity index (χ0v) is 16.2. The van der Waals surface area contributed by atoms with Gasteiger partial charge >= 0.3 is 0 Å². The molecule has 2 aliphatic rings. The molecular weight excluding hydrogens is 266 g/mol. The van der Waals surface area contributed by atoms with Crippen molar-refractivity contribution < 1.29 is 0 Å². The maximum absolute atomic E-state index is 6.50. The van der Waals surface area contributed by atoms with Gasteiger partial charge in [0.2, 0.25) is 0 Å². The van der Waals surface area contributed by atoms with E-state index in [9.17, 15) is 0 Å². The number of nitrogens with two attached hydrogens (primary N) is 1. The average Bonchev–Trinajstić information content (AvgIpc) is 2.37. The second-order valence-electron chi connectivity index (χ2n) is 10.5. The van der Waals surface area contributed by atoms with Crippen LogP contribution in [0.2, 0.25) is 0 Å². The zero-order chi connectivity index (χ0) is 16.6. The van der Waals surface area contributed by atoms with Crippen LogP contribution in [0.15, 0.2) is 0 Å². The quantitative estimate of drug-likeness (QED) is 0.649. The molecule has 0 aromatic rings. The molecule has 22 heavy (non-hydrogen) atoms. The van der Waals surface area contributed by atoms with Gasteiger partial charge in [0.25, 0.3) is 0 Å². The summed E-state index contributed by atoms with van der Waals surface area (Å²) < 4.78 is 0. The Morgan fingerprint density at radius 2 is 1.64 bits per heavy atom. The predicted molar refractivity (Wildman–Crippen MR) is 97.9 cm³/mol. The van der Waals surface area contributed by atoms with Crippen molar-refractivity contribution >= 4 is 0 Å². The molecule has 130 valence electrons. The molecule has 2 rings (SSSR count). The maximum atomic E-state index is 6.50. The first-order valence-corrected chi connectivity index (χ1v) is 9.84. The Hall–Kier alpha value is -0.0400. The summed E-state index contributed by atoms with van der Waals surface area (Å²) >= 11 is 0. The first-order valence-electron chi connectivity index (χ1n) is 9.84. The van der Waals surface area contributed by atoms with Crippen LogP contribution in [0.5, 0.6) is 0 Å². The summed E-state index contributed by atoms with van der Waals surface area (Å²) in [5.74, 6) is 1.71. The van der Waals surface area contributed by atoms with Crippen LogP contribution < -0.4 is 5.73 Å². The van der Waals surface area contributed by atoms with Gasteiger partial charge in [-0.25, -0.2) is 0 Å². The van der Waals surface area contributed by atoms with E-state index < -0.39 is 0 Å². The van der Waals surface area contributed by atoms with Gasteiger partial charge in [-0.3, -0.25) is 0 Å². The first kappa shape index (κ1) is 18.3. The van der Waals surface area contributed by atoms with Gasteiger partial charge < -0.3 is 5.73 Å². The summed E-state index contributed by atoms with van der Waals surface area (Å²) in [6.07, 6.45) is 12.1. The molecule has 4 atom stereocenters. The van der Waals surface area contributed by atoms with Gasteiger partial charge in [-0.05, 0) is 73.0 Å². The second kappa shape index (κ2) is 6.46. The Labute approximate surface area is 139 Å². The third-order valence-corrected chi connectivity index (χ3v) is 6.88. The Morgan fingerprint density at radius 1 is 0.955 bits per heavy atom. The summed E-state index contributed by atoms with van der Waals surface area (Å²) in [6.45, 7) is 15.0. The normalized spacial score (nSPS) is 41.9. The lowest BCUT2D eigenvalue weighted by Gasteiger charge is -2.57. The SMILES string of the molecule is CCCC1CCC2(C)CC(C)(C)CC(C)(C)C2CCC(N)C1. The van der Waals surface area contributed by atoms with Crippen molar-refractivity contribution in [3.63, 3.8) is 0 Å². The molecule has 0 radical (unpaired) electrons. The van der Waals surface area contributed by atoms with Crippen molar-refractivity contribution in [2.45, 2.75) is 105 Å². The highest BCUT2D eigenvalue weighted by atomic mass is 14.6. The molecule has 2 fully saturated rings. The van der Waals surface area contributed by atoms with Crippen molar-refractivity contribution in [3.8, 4) is 0 Å². The van der Waals surface area contributed by atoms with Crippen molar-refractivity contribution in [1.82, 2.24) is 0 Å². The van der Waals surface area contributed by atoms with Gasteiger partial charge in [-0.1, -0.05) is 54.4 Å². The van der Waals surface area contributed by atoms with Gasteiger partial charge in [0.05, 0.1) is 0 Å². The number of hydrogen-bond acceptors (Lipinski definition) is 1. The van der Waals surface area contributed by atoms with E-state index in [0.29, 0.717) is 22.3 Å². The third-order valence-electron chi connectivity index (χ3n) is 6.88. The summed E-state index contributed by atoms with van der Waals surface area (Å²) in [5.41, 5.74) is 7.97. The monoisotopic (exact) mass is 307 g/mol. The minimum absolute atomic E-state index is 0.435. The highest BCUT2D eigenvalue weighted by molar-refractivity contribution is 5.02. The van der Waals surface area contributed by atoms with Crippen LogP contribution in [0.1, 0.15) is 99.3 Å². The molecule has 2 saturated carbocycles. The van der Waals surface area contributed by atoms with Crippen LogP contribution in [0.25, 0.3) is 0 Å². The summed E-state index contributed by atoms with van der Waals surface area (Å²) in [7, 11) is 0. The number of hydrogen-bond donors (Lipinski definition) is 1. The van der Waals surface area contributed by atoms with Gasteiger partial charge in [0, 0.05) is 6.04 Å². The summed E-state index contributed by atoms with van der Waals surface area (Å²) in [5, 5.41) is 0. The predicted octanol–water partition coefficient (Wildman–Crippen LogP) is 6.16. The lowest BCUT2D eigenvalue weighted by atomic mass is 9.48. The number of fused-ring (bicyclic) bond motifs is 1. The maximum Gasteiger partial charge on any atom is 0.00415 e. The van der Waals surface area contributed by atoms with Crippen LogP contribution in [0.3, 0.4) is 0 Å². The molecule has 0 heterocycles. The van der Waals surface area contributed by atoms with E-state index in [2.05, 4.69) is 41.5 Å². The molecular formula is C21H41N. The topological polar surface area (TPSA) is 26.0 Å². The molecule has 2 N–H and O–H groups in total. The minimum Gasteiger partial charge on any atom is -0.328 e. The summed E-state index contributed by atoms with van der Waals surface area (Å²) in [4.78, 5) is 0. The molecule has 0 aliphatic heterocycles. The van der Waals surface area contributed by atoms with E-state index in [1.54, 1.807) is 0 Å². The fraction of sp³-hybridized carbons (Fsp3) is 1.00. The van der Waals surface area contributed by atoms with E-state index in [4.69, 9.17) is 5.73 Å². The minimum atomic E-state index is 0.435. The lowest BCUT2D eigenvalue weighted by molar-refractivity contribution is -0.0728. The van der Waals surface area contributed by atoms with Crippen molar-refractivity contribution in [2.24, 2.45) is 33.8 Å². The van der Waals surface area contributed by atoms with Gasteiger partial charge in [-0.15, -0.1) is 0 Å². The molecule has 1 nitrogen and oxygen atoms in total. The number of rotatable bonds is 2. The fourth-order valence-corrected chi connectivity index (χ4v) is 6.83. The van der Waals surface area contributed by atoms with E-state index in [1.807, 2.05) is 0 Å². The molecule has 0 aromatic heterocycles. The van der Waals surface area contributed by atoms with Gasteiger partial charge in [-0.2, -0.15) is 0 Å². The van der Waals surface area contributed by atoms with E-state index in [-0.39, 0.29) is 0 Å². The molecule has 4 unspecified atom stereocenters. The largest absolute Gasteiger partial charge is 0.328 e. The zero-order valence-electron chi connectivity index (χ0n) is 16.2. The van der Waals surface area contributed by atoms with E-state index in [0.717, 1.165) is 11.8 Å². The Morgan fingerprint density at radius 3 is 2.27 bits per heavy atom. The van der Waals surface area contributed by atoms with Crippen molar-refractivity contribution in [2.75, 3.05) is 0 Å². The summed E-state index contributed by atoms with van der Waals surface area (Å²) in [6, 6.07) is 0.435. The van der Waals surface area contributed by atoms with E-state index >= 15 is 0 Å². The molecule has 0 amide bonds. The Balaban J connectivity index is 2.26. The van der Waals surface area contributed by atoms with Crippen molar-refractivity contribution in [3.05, 3.63) is 0 Å². The van der Waals surface area contributed by atoms with Crippen LogP contribution in [0.4, 0.5) is 0 Å². The second-order valence-corrected chi connectivity index (χ2v) is 10.5. The highest BCUT2D eigenvalue weighted by Gasteiger charge is 2.51.